The zero-order chi connectivity index (χ0) is 13.7. The highest BCUT2D eigenvalue weighted by atomic mass is 35.5. The number of rotatable bonds is 6. The van der Waals surface area contributed by atoms with Crippen LogP contribution in [0.3, 0.4) is 0 Å². The van der Waals surface area contributed by atoms with Crippen LogP contribution in [-0.2, 0) is 6.54 Å². The maximum atomic E-state index is 6.19. The molecule has 0 unspecified atom stereocenters. The Morgan fingerprint density at radius 3 is 2.47 bits per heavy atom. The monoisotopic (exact) mass is 299 g/mol. The van der Waals surface area contributed by atoms with Gasteiger partial charge in [0.2, 0.25) is 0 Å². The van der Waals surface area contributed by atoms with Crippen molar-refractivity contribution in [1.29, 1.82) is 0 Å². The zero-order valence-corrected chi connectivity index (χ0v) is 12.4. The van der Waals surface area contributed by atoms with Crippen molar-refractivity contribution in [1.82, 2.24) is 5.32 Å². The first-order chi connectivity index (χ1) is 9.20. The van der Waals surface area contributed by atoms with Gasteiger partial charge in [-0.2, -0.15) is 0 Å². The average molecular weight is 300 g/mol. The van der Waals surface area contributed by atoms with E-state index in [1.165, 1.54) is 25.7 Å². The second-order valence-electron chi connectivity index (χ2n) is 4.85. The van der Waals surface area contributed by atoms with E-state index in [9.17, 15) is 0 Å². The fraction of sp³-hybridized carbons (Fsp3) is 0.467. The van der Waals surface area contributed by atoms with Crippen LogP contribution in [0.1, 0.15) is 31.2 Å². The third-order valence-corrected chi connectivity index (χ3v) is 3.92. The molecule has 1 aromatic rings. The molecule has 0 heterocycles. The summed E-state index contributed by atoms with van der Waals surface area (Å²) in [5.74, 6) is 0.535. The molecule has 1 aliphatic carbocycles. The van der Waals surface area contributed by atoms with Gasteiger partial charge in [-0.05, 0) is 30.5 Å². The lowest BCUT2D eigenvalue weighted by molar-refractivity contribution is 0.363. The van der Waals surface area contributed by atoms with Crippen molar-refractivity contribution < 1.29 is 4.74 Å². The summed E-state index contributed by atoms with van der Waals surface area (Å²) in [6.07, 6.45) is 6.85. The van der Waals surface area contributed by atoms with E-state index in [-0.39, 0.29) is 0 Å². The summed E-state index contributed by atoms with van der Waals surface area (Å²) in [6.45, 7) is 4.80. The van der Waals surface area contributed by atoms with Gasteiger partial charge >= 0.3 is 0 Å². The summed E-state index contributed by atoms with van der Waals surface area (Å²) < 4.78 is 5.45. The molecule has 1 fully saturated rings. The number of nitrogens with one attached hydrogen (secondary N) is 1. The maximum absolute atomic E-state index is 6.19. The van der Waals surface area contributed by atoms with Gasteiger partial charge in [0.05, 0.1) is 10.0 Å². The van der Waals surface area contributed by atoms with Gasteiger partial charge in [0.1, 0.15) is 6.61 Å². The fourth-order valence-corrected chi connectivity index (χ4v) is 3.03. The normalized spacial score (nSPS) is 15.7. The van der Waals surface area contributed by atoms with E-state index in [0.717, 1.165) is 12.1 Å². The second-order valence-corrected chi connectivity index (χ2v) is 5.66. The third kappa shape index (κ3) is 4.13. The number of halogens is 2. The summed E-state index contributed by atoms with van der Waals surface area (Å²) in [4.78, 5) is 0. The molecule has 0 spiro atoms. The van der Waals surface area contributed by atoms with E-state index in [2.05, 4.69) is 11.9 Å². The van der Waals surface area contributed by atoms with Crippen molar-refractivity contribution in [2.45, 2.75) is 38.3 Å². The Morgan fingerprint density at radius 1 is 1.26 bits per heavy atom. The first-order valence-corrected chi connectivity index (χ1v) is 7.41. The Balaban J connectivity index is 1.99. The van der Waals surface area contributed by atoms with Crippen LogP contribution in [0.2, 0.25) is 10.0 Å². The van der Waals surface area contributed by atoms with Gasteiger partial charge < -0.3 is 10.1 Å². The Kier molecular flexibility index (Phi) is 5.56. The third-order valence-electron chi connectivity index (χ3n) is 3.35. The van der Waals surface area contributed by atoms with Gasteiger partial charge in [0.15, 0.2) is 5.75 Å². The van der Waals surface area contributed by atoms with Crippen LogP contribution in [-0.4, -0.2) is 12.6 Å². The maximum Gasteiger partial charge on any atom is 0.156 e. The summed E-state index contributed by atoms with van der Waals surface area (Å²) in [5.41, 5.74) is 1.09. The van der Waals surface area contributed by atoms with E-state index < -0.39 is 0 Å². The van der Waals surface area contributed by atoms with Crippen molar-refractivity contribution in [3.05, 3.63) is 40.4 Å². The highest BCUT2D eigenvalue weighted by Crippen LogP contribution is 2.34. The standard InChI is InChI=1S/C15H19Cl2NO/c1-2-7-19-15-13(16)8-11(9-14(15)17)10-18-12-5-3-4-6-12/h2,8-9,12,18H,1,3-7,10H2. The van der Waals surface area contributed by atoms with Gasteiger partial charge in [-0.25, -0.2) is 0 Å². The predicted molar refractivity (Wildman–Crippen MR) is 81.2 cm³/mol. The predicted octanol–water partition coefficient (Wildman–Crippen LogP) is 4.59. The molecule has 19 heavy (non-hydrogen) atoms. The van der Waals surface area contributed by atoms with Crippen molar-refractivity contribution in [2.24, 2.45) is 0 Å². The number of hydrogen-bond acceptors (Lipinski definition) is 2. The molecule has 104 valence electrons. The SMILES string of the molecule is C=CCOc1c(Cl)cc(CNC2CCCC2)cc1Cl. The van der Waals surface area contributed by atoms with Gasteiger partial charge in [0.25, 0.3) is 0 Å². The van der Waals surface area contributed by atoms with Crippen LogP contribution in [0, 0.1) is 0 Å². The fourth-order valence-electron chi connectivity index (χ4n) is 2.39. The highest BCUT2D eigenvalue weighted by molar-refractivity contribution is 6.37. The van der Waals surface area contributed by atoms with E-state index in [4.69, 9.17) is 27.9 Å². The Morgan fingerprint density at radius 2 is 1.89 bits per heavy atom. The summed E-state index contributed by atoms with van der Waals surface area (Å²) >= 11 is 12.4. The smallest absolute Gasteiger partial charge is 0.156 e. The largest absolute Gasteiger partial charge is 0.486 e. The molecule has 0 amide bonds. The molecule has 1 aliphatic rings. The molecule has 1 N–H and O–H groups in total. The lowest BCUT2D eigenvalue weighted by Crippen LogP contribution is -2.25. The van der Waals surface area contributed by atoms with Gasteiger partial charge in [-0.1, -0.05) is 48.7 Å². The molecule has 0 aliphatic heterocycles. The van der Waals surface area contributed by atoms with Crippen molar-refractivity contribution in [3.63, 3.8) is 0 Å². The van der Waals surface area contributed by atoms with Crippen LogP contribution in [0.25, 0.3) is 0 Å². The van der Waals surface area contributed by atoms with Crippen LogP contribution in [0.15, 0.2) is 24.8 Å². The minimum Gasteiger partial charge on any atom is -0.486 e. The molecular formula is C15H19Cl2NO. The van der Waals surface area contributed by atoms with E-state index in [0.29, 0.717) is 28.4 Å². The Bertz CT molecular complexity index is 419. The van der Waals surface area contributed by atoms with Gasteiger partial charge in [-0.15, -0.1) is 0 Å². The molecule has 4 heteroatoms. The molecule has 2 nitrogen and oxygen atoms in total. The van der Waals surface area contributed by atoms with Crippen LogP contribution >= 0.6 is 23.2 Å². The van der Waals surface area contributed by atoms with E-state index >= 15 is 0 Å². The topological polar surface area (TPSA) is 21.3 Å². The molecule has 0 aromatic heterocycles. The number of benzene rings is 1. The molecule has 1 aromatic carbocycles. The van der Waals surface area contributed by atoms with Crippen molar-refractivity contribution in [3.8, 4) is 5.75 Å². The quantitative estimate of drug-likeness (QED) is 0.776. The zero-order valence-electron chi connectivity index (χ0n) is 10.9. The Labute approximate surface area is 124 Å². The number of ether oxygens (including phenoxy) is 1. The lowest BCUT2D eigenvalue weighted by Gasteiger charge is -2.14. The van der Waals surface area contributed by atoms with Crippen molar-refractivity contribution in [2.75, 3.05) is 6.61 Å². The van der Waals surface area contributed by atoms with Crippen molar-refractivity contribution >= 4 is 23.2 Å². The first kappa shape index (κ1) is 14.7. The Hall–Kier alpha value is -0.700. The van der Waals surface area contributed by atoms with Crippen LogP contribution < -0.4 is 10.1 Å². The molecule has 1 saturated carbocycles. The number of hydrogen-bond donors (Lipinski definition) is 1. The molecule has 2 rings (SSSR count). The lowest BCUT2D eigenvalue weighted by atomic mass is 10.2. The van der Waals surface area contributed by atoms with Crippen LogP contribution in [0.4, 0.5) is 0 Å². The molecule has 0 atom stereocenters. The first-order valence-electron chi connectivity index (χ1n) is 6.65. The summed E-state index contributed by atoms with van der Waals surface area (Å²) in [7, 11) is 0. The van der Waals surface area contributed by atoms with E-state index in [1.54, 1.807) is 6.08 Å². The van der Waals surface area contributed by atoms with Gasteiger partial charge in [0, 0.05) is 12.6 Å². The second kappa shape index (κ2) is 7.18. The van der Waals surface area contributed by atoms with Crippen LogP contribution in [0.5, 0.6) is 5.75 Å². The van der Waals surface area contributed by atoms with Gasteiger partial charge in [-0.3, -0.25) is 0 Å². The van der Waals surface area contributed by atoms with E-state index in [1.807, 2.05) is 12.1 Å². The highest BCUT2D eigenvalue weighted by Gasteiger charge is 2.15. The summed E-state index contributed by atoms with van der Waals surface area (Å²) in [6, 6.07) is 4.45. The molecule has 0 bridgehead atoms. The minimum atomic E-state index is 0.402. The average Bonchev–Trinajstić information content (AvgIpc) is 2.88. The summed E-state index contributed by atoms with van der Waals surface area (Å²) in [5, 5.41) is 4.65. The minimum absolute atomic E-state index is 0.402. The molecule has 0 saturated heterocycles. The molecular weight excluding hydrogens is 281 g/mol. The molecule has 0 radical (unpaired) electrons.